The molecule has 2 aromatic carbocycles. The van der Waals surface area contributed by atoms with Gasteiger partial charge in [-0.15, -0.1) is 0 Å². The second-order valence-electron chi connectivity index (χ2n) is 9.45. The van der Waals surface area contributed by atoms with Crippen molar-refractivity contribution in [2.45, 2.75) is 39.7 Å². The van der Waals surface area contributed by atoms with E-state index in [0.29, 0.717) is 23.5 Å². The maximum Gasteiger partial charge on any atom is 0.326 e. The molecule has 3 aromatic rings. The summed E-state index contributed by atoms with van der Waals surface area (Å²) in [4.78, 5) is 45.7. The van der Waals surface area contributed by atoms with Crippen LogP contribution < -0.4 is 26.8 Å². The van der Waals surface area contributed by atoms with Crippen molar-refractivity contribution in [2.24, 2.45) is 22.4 Å². The quantitative estimate of drug-likeness (QED) is 0.118. The summed E-state index contributed by atoms with van der Waals surface area (Å²) in [5.41, 5.74) is 11.1. The molecule has 1 aromatic heterocycles. The Labute approximate surface area is 237 Å². The Bertz CT molecular complexity index is 1410. The van der Waals surface area contributed by atoms with Crippen molar-refractivity contribution >= 4 is 29.4 Å². The molecule has 41 heavy (non-hydrogen) atoms. The van der Waals surface area contributed by atoms with Crippen molar-refractivity contribution in [3.05, 3.63) is 83.6 Å². The molecule has 0 unspecified atom stereocenters. The molecular formula is C29H34N6O6. The molecule has 0 aliphatic rings. The van der Waals surface area contributed by atoms with Gasteiger partial charge in [-0.1, -0.05) is 38.1 Å². The normalized spacial score (nSPS) is 12.0. The van der Waals surface area contributed by atoms with Crippen LogP contribution in [0.25, 0.3) is 5.70 Å². The number of allylic oxidation sites excluding steroid dienone is 1. The van der Waals surface area contributed by atoms with E-state index >= 15 is 0 Å². The van der Waals surface area contributed by atoms with Gasteiger partial charge in [0.15, 0.2) is 11.7 Å². The number of amides is 2. The van der Waals surface area contributed by atoms with E-state index in [1.807, 2.05) is 44.2 Å². The number of carboxylic acid groups (broad SMARTS) is 1. The van der Waals surface area contributed by atoms with Gasteiger partial charge >= 0.3 is 5.97 Å². The van der Waals surface area contributed by atoms with Gasteiger partial charge in [0, 0.05) is 12.1 Å². The molecule has 1 heterocycles. The van der Waals surface area contributed by atoms with Crippen molar-refractivity contribution in [2.75, 3.05) is 6.54 Å². The molecule has 0 spiro atoms. The largest absolute Gasteiger partial charge is 0.480 e. The highest BCUT2D eigenvalue weighted by molar-refractivity contribution is 6.00. The number of aryl methyl sites for hydroxylation is 1. The lowest BCUT2D eigenvalue weighted by atomic mass is 10.1. The van der Waals surface area contributed by atoms with Gasteiger partial charge < -0.3 is 36.4 Å². The fourth-order valence-corrected chi connectivity index (χ4v) is 3.70. The number of para-hydroxylation sites is 1. The smallest absolute Gasteiger partial charge is 0.326 e. The number of nitrogens with two attached hydrogens (primary N) is 2. The van der Waals surface area contributed by atoms with Gasteiger partial charge in [0.05, 0.1) is 0 Å². The van der Waals surface area contributed by atoms with Crippen LogP contribution in [0.2, 0.25) is 0 Å². The number of nitrogens with one attached hydrogen (secondary N) is 2. The molecule has 0 saturated carbocycles. The molecule has 216 valence electrons. The highest BCUT2D eigenvalue weighted by Gasteiger charge is 2.25. The minimum Gasteiger partial charge on any atom is -0.480 e. The predicted octanol–water partition coefficient (Wildman–Crippen LogP) is 3.44. The Balaban J connectivity index is 1.72. The first-order valence-electron chi connectivity index (χ1n) is 13.0. The zero-order valence-corrected chi connectivity index (χ0v) is 23.1. The molecule has 0 aliphatic carbocycles. The predicted molar refractivity (Wildman–Crippen MR) is 153 cm³/mol. The molecule has 0 saturated heterocycles. The van der Waals surface area contributed by atoms with Crippen molar-refractivity contribution in [3.8, 4) is 11.5 Å². The monoisotopic (exact) mass is 562 g/mol. The first kappa shape index (κ1) is 30.4. The first-order valence-corrected chi connectivity index (χ1v) is 13.0. The van der Waals surface area contributed by atoms with E-state index < -0.39 is 23.8 Å². The fraction of sp³-hybridized carbons (Fsp3) is 0.276. The zero-order chi connectivity index (χ0) is 29.9. The average Bonchev–Trinajstić information content (AvgIpc) is 3.32. The number of aliphatic carboxylic acids is 1. The topological polar surface area (TPSA) is 195 Å². The number of oxazole rings is 1. The number of carboxylic acids is 1. The highest BCUT2D eigenvalue weighted by Crippen LogP contribution is 2.22. The molecule has 0 radical (unpaired) electrons. The maximum absolute atomic E-state index is 13.1. The third-order valence-corrected chi connectivity index (χ3v) is 5.63. The average molecular weight is 563 g/mol. The number of hydrogen-bond acceptors (Lipinski definition) is 7. The molecule has 12 nitrogen and oxygen atoms in total. The Morgan fingerprint density at radius 2 is 1.71 bits per heavy atom. The number of benzene rings is 2. The molecular weight excluding hydrogens is 528 g/mol. The SMILES string of the molecule is Cc1oc(/C(=C\C(C)C)NC(=O)c2ccc(Oc3ccccc3)cc2)nc1C(=O)N[C@@H](CCCN=C(N)N)C(=O)O. The minimum absolute atomic E-state index is 0.00182. The Morgan fingerprint density at radius 1 is 1.05 bits per heavy atom. The lowest BCUT2D eigenvalue weighted by Crippen LogP contribution is -2.41. The number of aliphatic imine (C=N–C) groups is 1. The van der Waals surface area contributed by atoms with Crippen molar-refractivity contribution in [1.82, 2.24) is 15.6 Å². The molecule has 2 amide bonds. The Kier molecular flexibility index (Phi) is 10.6. The molecule has 0 aliphatic heterocycles. The van der Waals surface area contributed by atoms with Crippen LogP contribution in [0.5, 0.6) is 11.5 Å². The summed E-state index contributed by atoms with van der Waals surface area (Å²) in [5.74, 6) is -1.04. The number of carbonyl (C=O) groups is 3. The number of hydrogen-bond donors (Lipinski definition) is 5. The van der Waals surface area contributed by atoms with Crippen molar-refractivity contribution in [3.63, 3.8) is 0 Å². The summed E-state index contributed by atoms with van der Waals surface area (Å²) in [6.07, 6.45) is 2.18. The van der Waals surface area contributed by atoms with Gasteiger partial charge in [0.1, 0.15) is 29.0 Å². The summed E-state index contributed by atoms with van der Waals surface area (Å²) in [6.45, 7) is 5.57. The summed E-state index contributed by atoms with van der Waals surface area (Å²) in [6, 6.07) is 14.7. The maximum atomic E-state index is 13.1. The molecule has 0 fully saturated rings. The summed E-state index contributed by atoms with van der Waals surface area (Å²) in [7, 11) is 0. The van der Waals surface area contributed by atoms with Crippen LogP contribution in [0.3, 0.4) is 0 Å². The molecule has 3 rings (SSSR count). The van der Waals surface area contributed by atoms with Crippen LogP contribution in [0.1, 0.15) is 59.2 Å². The van der Waals surface area contributed by atoms with Crippen molar-refractivity contribution < 1.29 is 28.6 Å². The molecule has 12 heteroatoms. The van der Waals surface area contributed by atoms with E-state index in [4.69, 9.17) is 20.6 Å². The van der Waals surface area contributed by atoms with E-state index in [9.17, 15) is 19.5 Å². The Morgan fingerprint density at radius 3 is 2.32 bits per heavy atom. The van der Waals surface area contributed by atoms with Gasteiger partial charge in [0.25, 0.3) is 11.8 Å². The number of rotatable bonds is 13. The van der Waals surface area contributed by atoms with Crippen LogP contribution in [0.15, 0.2) is 70.1 Å². The van der Waals surface area contributed by atoms with Crippen LogP contribution >= 0.6 is 0 Å². The third kappa shape index (κ3) is 9.24. The zero-order valence-electron chi connectivity index (χ0n) is 23.1. The Hall–Kier alpha value is -5.13. The van der Waals surface area contributed by atoms with Gasteiger partial charge in [0.2, 0.25) is 5.89 Å². The summed E-state index contributed by atoms with van der Waals surface area (Å²) < 4.78 is 11.5. The van der Waals surface area contributed by atoms with E-state index in [1.54, 1.807) is 30.3 Å². The number of carbonyl (C=O) groups excluding carboxylic acids is 2. The van der Waals surface area contributed by atoms with E-state index in [0.717, 1.165) is 0 Å². The van der Waals surface area contributed by atoms with Gasteiger partial charge in [-0.25, -0.2) is 9.78 Å². The minimum atomic E-state index is -1.21. The van der Waals surface area contributed by atoms with Crippen LogP contribution in [0, 0.1) is 12.8 Å². The lowest BCUT2D eigenvalue weighted by Gasteiger charge is -2.13. The number of nitrogens with zero attached hydrogens (tertiary/aromatic N) is 2. The second kappa shape index (κ2) is 14.3. The molecule has 7 N–H and O–H groups in total. The standard InChI is InChI=1S/C29H34N6O6/c1-17(2)16-23(34-25(36)19-11-13-21(14-12-19)41-20-8-5-4-6-9-20)27-35-24(18(3)40-27)26(37)33-22(28(38)39)10-7-15-32-29(30)31/h4-6,8-9,11-14,16-17,22H,7,10,15H2,1-3H3,(H,33,37)(H,34,36)(H,38,39)(H4,30,31,32)/b23-16+/t22-/m0/s1. The van der Waals surface area contributed by atoms with Crippen LogP contribution in [-0.4, -0.2) is 46.4 Å². The lowest BCUT2D eigenvalue weighted by molar-refractivity contribution is -0.139. The fourth-order valence-electron chi connectivity index (χ4n) is 3.70. The first-order chi connectivity index (χ1) is 19.5. The number of guanidine groups is 1. The number of ether oxygens (including phenoxy) is 1. The van der Waals surface area contributed by atoms with Gasteiger partial charge in [-0.05, 0) is 62.1 Å². The van der Waals surface area contributed by atoms with Crippen LogP contribution in [-0.2, 0) is 4.79 Å². The van der Waals surface area contributed by atoms with Crippen molar-refractivity contribution in [1.29, 1.82) is 0 Å². The summed E-state index contributed by atoms with van der Waals surface area (Å²) >= 11 is 0. The van der Waals surface area contributed by atoms with Gasteiger partial charge in [-0.2, -0.15) is 0 Å². The molecule has 1 atom stereocenters. The third-order valence-electron chi connectivity index (χ3n) is 5.63. The van der Waals surface area contributed by atoms with Crippen LogP contribution in [0.4, 0.5) is 0 Å². The highest BCUT2D eigenvalue weighted by atomic mass is 16.5. The van der Waals surface area contributed by atoms with E-state index in [2.05, 4.69) is 20.6 Å². The van der Waals surface area contributed by atoms with Gasteiger partial charge in [-0.3, -0.25) is 14.6 Å². The molecule has 0 bridgehead atoms. The van der Waals surface area contributed by atoms with E-state index in [-0.39, 0.29) is 47.9 Å². The second-order valence-corrected chi connectivity index (χ2v) is 9.45. The summed E-state index contributed by atoms with van der Waals surface area (Å²) in [5, 5.41) is 14.8. The van der Waals surface area contributed by atoms with E-state index in [1.165, 1.54) is 6.92 Å². The number of aromatic nitrogens is 1.